The van der Waals surface area contributed by atoms with Gasteiger partial charge in [-0.3, -0.25) is 0 Å². The minimum absolute atomic E-state index is 0.0706. The predicted octanol–water partition coefficient (Wildman–Crippen LogP) is 4.35. The number of para-hydroxylation sites is 1. The lowest BCUT2D eigenvalue weighted by atomic mass is 9.86. The fraction of sp³-hybridized carbons (Fsp3) is 0.368. The van der Waals surface area contributed by atoms with Crippen LogP contribution in [0.3, 0.4) is 0 Å². The van der Waals surface area contributed by atoms with Gasteiger partial charge in [-0.25, -0.2) is 0 Å². The average Bonchev–Trinajstić information content (AvgIpc) is 2.37. The Bertz CT molecular complexity index is 607. The van der Waals surface area contributed by atoms with E-state index in [1.165, 1.54) is 0 Å². The molecule has 0 amide bonds. The molecular weight excluding hydrogens is 260 g/mol. The second kappa shape index (κ2) is 5.90. The van der Waals surface area contributed by atoms with E-state index in [-0.39, 0.29) is 6.10 Å². The highest BCUT2D eigenvalue weighted by Crippen LogP contribution is 2.36. The van der Waals surface area contributed by atoms with Crippen LogP contribution < -0.4 is 4.74 Å². The Morgan fingerprint density at radius 1 is 1.00 bits per heavy atom. The Labute approximate surface area is 127 Å². The highest BCUT2D eigenvalue weighted by molar-refractivity contribution is 5.45. The van der Waals surface area contributed by atoms with E-state index in [1.54, 1.807) is 0 Å². The largest absolute Gasteiger partial charge is 0.491 e. The number of aryl methyl sites for hydroxylation is 2. The number of ether oxygens (including phenoxy) is 1. The van der Waals surface area contributed by atoms with Crippen LogP contribution in [0.2, 0.25) is 0 Å². The summed E-state index contributed by atoms with van der Waals surface area (Å²) in [5.41, 5.74) is 2.89. The maximum absolute atomic E-state index is 11.1. The summed E-state index contributed by atoms with van der Waals surface area (Å²) >= 11 is 0. The molecule has 0 saturated heterocycles. The molecule has 112 valence electrons. The molecule has 2 heteroatoms. The van der Waals surface area contributed by atoms with Gasteiger partial charge in [0.2, 0.25) is 0 Å². The summed E-state index contributed by atoms with van der Waals surface area (Å²) in [5, 5.41) is 11.1. The van der Waals surface area contributed by atoms with Crippen molar-refractivity contribution < 1.29 is 9.84 Å². The summed E-state index contributed by atoms with van der Waals surface area (Å²) in [6, 6.07) is 13.9. The first-order chi connectivity index (χ1) is 9.80. The zero-order chi connectivity index (χ0) is 15.6. The first kappa shape index (κ1) is 15.6. The van der Waals surface area contributed by atoms with Gasteiger partial charge in [0.25, 0.3) is 0 Å². The molecule has 0 aliphatic rings. The molecule has 0 saturated carbocycles. The molecule has 0 fully saturated rings. The Balaban J connectivity index is 2.52. The second-order valence-electron chi connectivity index (χ2n) is 6.11. The van der Waals surface area contributed by atoms with Crippen molar-refractivity contribution in [1.29, 1.82) is 0 Å². The van der Waals surface area contributed by atoms with Crippen LogP contribution in [-0.4, -0.2) is 11.2 Å². The summed E-state index contributed by atoms with van der Waals surface area (Å²) < 4.78 is 5.85. The monoisotopic (exact) mass is 284 g/mol. The van der Waals surface area contributed by atoms with Gasteiger partial charge in [0.1, 0.15) is 11.4 Å². The van der Waals surface area contributed by atoms with E-state index in [0.29, 0.717) is 0 Å². The van der Waals surface area contributed by atoms with Gasteiger partial charge in [-0.2, -0.15) is 0 Å². The molecule has 0 aromatic heterocycles. The zero-order valence-electron chi connectivity index (χ0n) is 13.5. The van der Waals surface area contributed by atoms with Crippen LogP contribution >= 0.6 is 0 Å². The van der Waals surface area contributed by atoms with Crippen molar-refractivity contribution in [2.75, 3.05) is 0 Å². The summed E-state index contributed by atoms with van der Waals surface area (Å²) in [7, 11) is 0. The van der Waals surface area contributed by atoms with E-state index in [4.69, 9.17) is 4.74 Å². The molecule has 0 spiro atoms. The maximum atomic E-state index is 11.1. The fourth-order valence-corrected chi connectivity index (χ4v) is 2.64. The summed E-state index contributed by atoms with van der Waals surface area (Å²) in [5.74, 6) is 0.733. The first-order valence-electron chi connectivity index (χ1n) is 7.38. The molecule has 1 atom stereocenters. The SMILES string of the molecule is Cc1cc(C)cc(C(C)(O)c2ccccc2OC(C)C)c1. The molecule has 0 radical (unpaired) electrons. The van der Waals surface area contributed by atoms with Crippen molar-refractivity contribution in [3.63, 3.8) is 0 Å². The van der Waals surface area contributed by atoms with Crippen molar-refractivity contribution in [3.8, 4) is 5.75 Å². The van der Waals surface area contributed by atoms with E-state index in [9.17, 15) is 5.11 Å². The Morgan fingerprint density at radius 2 is 1.57 bits per heavy atom. The molecule has 0 aliphatic carbocycles. The molecule has 1 N–H and O–H groups in total. The van der Waals surface area contributed by atoms with E-state index < -0.39 is 5.60 Å². The van der Waals surface area contributed by atoms with E-state index in [2.05, 4.69) is 6.07 Å². The van der Waals surface area contributed by atoms with Crippen molar-refractivity contribution in [3.05, 3.63) is 64.7 Å². The standard InChI is InChI=1S/C19H24O2/c1-13(2)21-18-9-7-6-8-17(18)19(5,20)16-11-14(3)10-15(4)12-16/h6-13,20H,1-5H3. The highest BCUT2D eigenvalue weighted by atomic mass is 16.5. The molecule has 0 heterocycles. The molecule has 21 heavy (non-hydrogen) atoms. The van der Waals surface area contributed by atoms with Crippen molar-refractivity contribution in [2.24, 2.45) is 0 Å². The van der Waals surface area contributed by atoms with Gasteiger partial charge >= 0.3 is 0 Å². The van der Waals surface area contributed by atoms with Crippen LogP contribution in [0, 0.1) is 13.8 Å². The third-order valence-electron chi connectivity index (χ3n) is 3.56. The van der Waals surface area contributed by atoms with Crippen LogP contribution in [0.5, 0.6) is 5.75 Å². The van der Waals surface area contributed by atoms with Crippen molar-refractivity contribution in [2.45, 2.75) is 46.3 Å². The summed E-state index contributed by atoms with van der Waals surface area (Å²) in [6.07, 6.45) is 0.0706. The number of hydrogen-bond donors (Lipinski definition) is 1. The fourth-order valence-electron chi connectivity index (χ4n) is 2.64. The predicted molar refractivity (Wildman–Crippen MR) is 86.8 cm³/mol. The van der Waals surface area contributed by atoms with Crippen LogP contribution in [0.1, 0.15) is 43.0 Å². The topological polar surface area (TPSA) is 29.5 Å². The smallest absolute Gasteiger partial charge is 0.126 e. The van der Waals surface area contributed by atoms with Gasteiger partial charge in [0.15, 0.2) is 0 Å². The van der Waals surface area contributed by atoms with E-state index in [1.807, 2.05) is 71.0 Å². The van der Waals surface area contributed by atoms with Crippen LogP contribution in [0.15, 0.2) is 42.5 Å². The van der Waals surface area contributed by atoms with Gasteiger partial charge < -0.3 is 9.84 Å². The molecule has 0 bridgehead atoms. The van der Waals surface area contributed by atoms with Gasteiger partial charge in [-0.15, -0.1) is 0 Å². The molecule has 2 nitrogen and oxygen atoms in total. The number of hydrogen-bond acceptors (Lipinski definition) is 2. The Kier molecular flexibility index (Phi) is 4.38. The molecule has 2 rings (SSSR count). The zero-order valence-corrected chi connectivity index (χ0v) is 13.5. The van der Waals surface area contributed by atoms with Crippen LogP contribution in [0.25, 0.3) is 0 Å². The third-order valence-corrected chi connectivity index (χ3v) is 3.56. The summed E-state index contributed by atoms with van der Waals surface area (Å²) in [4.78, 5) is 0. The van der Waals surface area contributed by atoms with Crippen LogP contribution in [-0.2, 0) is 5.60 Å². The maximum Gasteiger partial charge on any atom is 0.126 e. The molecule has 2 aromatic carbocycles. The van der Waals surface area contributed by atoms with E-state index >= 15 is 0 Å². The number of aliphatic hydroxyl groups is 1. The first-order valence-corrected chi connectivity index (χ1v) is 7.38. The average molecular weight is 284 g/mol. The molecule has 0 aliphatic heterocycles. The number of rotatable bonds is 4. The van der Waals surface area contributed by atoms with Crippen LogP contribution in [0.4, 0.5) is 0 Å². The van der Waals surface area contributed by atoms with Gasteiger partial charge in [-0.1, -0.05) is 47.5 Å². The third kappa shape index (κ3) is 3.45. The lowest BCUT2D eigenvalue weighted by molar-refractivity contribution is 0.0957. The number of benzene rings is 2. The normalized spacial score (nSPS) is 14.0. The molecule has 2 aromatic rings. The lowest BCUT2D eigenvalue weighted by Crippen LogP contribution is -2.24. The van der Waals surface area contributed by atoms with Gasteiger partial charge in [0, 0.05) is 5.56 Å². The molecular formula is C19H24O2. The quantitative estimate of drug-likeness (QED) is 0.904. The van der Waals surface area contributed by atoms with Crippen molar-refractivity contribution >= 4 is 0 Å². The minimum atomic E-state index is -1.08. The summed E-state index contributed by atoms with van der Waals surface area (Å²) in [6.45, 7) is 9.89. The molecule has 1 unspecified atom stereocenters. The Morgan fingerprint density at radius 3 is 2.14 bits per heavy atom. The second-order valence-corrected chi connectivity index (χ2v) is 6.11. The van der Waals surface area contributed by atoms with Gasteiger partial charge in [0.05, 0.1) is 6.10 Å². The van der Waals surface area contributed by atoms with Gasteiger partial charge in [-0.05, 0) is 46.2 Å². The van der Waals surface area contributed by atoms with E-state index in [0.717, 1.165) is 28.0 Å². The minimum Gasteiger partial charge on any atom is -0.491 e. The highest BCUT2D eigenvalue weighted by Gasteiger charge is 2.29. The Hall–Kier alpha value is -1.80. The lowest BCUT2D eigenvalue weighted by Gasteiger charge is -2.28. The van der Waals surface area contributed by atoms with Crippen molar-refractivity contribution in [1.82, 2.24) is 0 Å².